The molecule has 0 aliphatic carbocycles. The molecule has 31 heavy (non-hydrogen) atoms. The second-order valence-corrected chi connectivity index (χ2v) is 8.39. The molecule has 5 heterocycles. The molecule has 0 atom stereocenters. The number of amides is 1. The second-order valence-electron chi connectivity index (χ2n) is 8.39. The van der Waals surface area contributed by atoms with Crippen LogP contribution in [0.15, 0.2) is 18.5 Å². The number of aromatic nitrogens is 4. The van der Waals surface area contributed by atoms with E-state index in [1.165, 1.54) is 4.90 Å². The summed E-state index contributed by atoms with van der Waals surface area (Å²) < 4.78 is 28.6. The lowest BCUT2D eigenvalue weighted by atomic mass is 10.0. The second kappa shape index (κ2) is 7.57. The van der Waals surface area contributed by atoms with Gasteiger partial charge in [0.1, 0.15) is 17.0 Å². The number of carbonyl (C=O) groups is 1. The van der Waals surface area contributed by atoms with Gasteiger partial charge < -0.3 is 19.4 Å². The Labute approximate surface area is 177 Å². The van der Waals surface area contributed by atoms with E-state index < -0.39 is 19.0 Å². The average molecular weight is 427 g/mol. The van der Waals surface area contributed by atoms with Gasteiger partial charge >= 0.3 is 0 Å². The molecule has 0 spiro atoms. The molecule has 0 radical (unpaired) electrons. The number of nitriles is 1. The summed E-state index contributed by atoms with van der Waals surface area (Å²) >= 11 is 0. The third-order valence-electron chi connectivity index (χ3n) is 6.28. The first-order valence-electron chi connectivity index (χ1n) is 10.5. The minimum atomic E-state index is -2.78. The van der Waals surface area contributed by atoms with Crippen LogP contribution in [0.1, 0.15) is 31.1 Å². The molecular formula is C21H23F2N7O. The van der Waals surface area contributed by atoms with Crippen LogP contribution in [0, 0.1) is 11.3 Å². The van der Waals surface area contributed by atoms with Crippen LogP contribution < -0.4 is 0 Å². The van der Waals surface area contributed by atoms with Gasteiger partial charge in [-0.3, -0.25) is 4.79 Å². The average Bonchev–Trinajstić information content (AvgIpc) is 3.34. The monoisotopic (exact) mass is 427 g/mol. The van der Waals surface area contributed by atoms with Gasteiger partial charge in [-0.25, -0.2) is 18.7 Å². The van der Waals surface area contributed by atoms with Gasteiger partial charge in [-0.15, -0.1) is 0 Å². The maximum Gasteiger partial charge on any atom is 0.282 e. The van der Waals surface area contributed by atoms with Gasteiger partial charge in [-0.05, 0) is 18.9 Å². The zero-order valence-corrected chi connectivity index (χ0v) is 17.0. The van der Waals surface area contributed by atoms with Gasteiger partial charge in [0, 0.05) is 43.7 Å². The molecule has 162 valence electrons. The van der Waals surface area contributed by atoms with Gasteiger partial charge in [0.25, 0.3) is 5.92 Å². The quantitative estimate of drug-likeness (QED) is 0.675. The number of pyridine rings is 1. The fourth-order valence-corrected chi connectivity index (χ4v) is 4.70. The number of alkyl halides is 2. The lowest BCUT2D eigenvalue weighted by Crippen LogP contribution is -2.58. The predicted octanol–water partition coefficient (Wildman–Crippen LogP) is 2.48. The first kappa shape index (κ1) is 19.9. The molecule has 3 aromatic rings. The molecule has 10 heteroatoms. The number of nitrogens with zero attached hydrogens (tertiary/aromatic N) is 6. The highest BCUT2D eigenvalue weighted by Crippen LogP contribution is 2.33. The van der Waals surface area contributed by atoms with Crippen LogP contribution in [0.4, 0.5) is 8.78 Å². The number of carbonyl (C=O) groups excluding carboxylic acids is 1. The summed E-state index contributed by atoms with van der Waals surface area (Å²) in [7, 11) is 0. The fraction of sp³-hybridized carbons (Fsp3) is 0.524. The van der Waals surface area contributed by atoms with Gasteiger partial charge in [0.15, 0.2) is 0 Å². The molecule has 2 saturated heterocycles. The maximum absolute atomic E-state index is 13.2. The van der Waals surface area contributed by atoms with Crippen LogP contribution in [0.25, 0.3) is 22.1 Å². The minimum absolute atomic E-state index is 0.00861. The molecule has 0 aromatic carbocycles. The van der Waals surface area contributed by atoms with E-state index in [1.54, 1.807) is 6.20 Å². The van der Waals surface area contributed by atoms with E-state index in [1.807, 2.05) is 12.3 Å². The molecule has 3 aromatic heterocycles. The number of halogens is 2. The summed E-state index contributed by atoms with van der Waals surface area (Å²) in [4.78, 5) is 28.4. The van der Waals surface area contributed by atoms with E-state index in [0.29, 0.717) is 17.8 Å². The standard InChI is InChI=1S/C21H23F2N7O/c22-21(23)12-29(13-21)18(31)10-17-27-16-11-26-20-15(2-6-25-20)19(16)30(17)14-3-8-28(9-4-14)7-1-5-24/h2,6,11,14H,1,3-4,7-10,12-13H2,(H,25,26). The SMILES string of the molecule is N#CCCN1CCC(n2c(CC(=O)N3CC(F)(F)C3)nc3cnc4[nH]ccc4c32)CC1. The number of likely N-dealkylation sites (tertiary alicyclic amines) is 2. The Morgan fingerprint density at radius 2 is 2.10 bits per heavy atom. The van der Waals surface area contributed by atoms with Crippen molar-refractivity contribution >= 4 is 28.0 Å². The molecule has 0 unspecified atom stereocenters. The molecule has 1 amide bonds. The number of piperidine rings is 1. The molecule has 2 aliphatic heterocycles. The minimum Gasteiger partial charge on any atom is -0.346 e. The number of rotatable bonds is 5. The van der Waals surface area contributed by atoms with Crippen LogP contribution in [0.5, 0.6) is 0 Å². The van der Waals surface area contributed by atoms with Crippen molar-refractivity contribution in [2.75, 3.05) is 32.7 Å². The molecule has 8 nitrogen and oxygen atoms in total. The number of nitrogens with one attached hydrogen (secondary N) is 1. The number of aromatic amines is 1. The summed E-state index contributed by atoms with van der Waals surface area (Å²) in [5.74, 6) is -2.51. The third kappa shape index (κ3) is 3.63. The number of hydrogen-bond acceptors (Lipinski definition) is 5. The Morgan fingerprint density at radius 1 is 1.32 bits per heavy atom. The molecule has 1 N–H and O–H groups in total. The number of hydrogen-bond donors (Lipinski definition) is 1. The van der Waals surface area contributed by atoms with E-state index in [4.69, 9.17) is 10.2 Å². The third-order valence-corrected chi connectivity index (χ3v) is 6.28. The van der Waals surface area contributed by atoms with Crippen molar-refractivity contribution in [1.82, 2.24) is 29.3 Å². The van der Waals surface area contributed by atoms with Crippen molar-refractivity contribution in [3.63, 3.8) is 0 Å². The summed E-state index contributed by atoms with van der Waals surface area (Å²) in [5.41, 5.74) is 2.38. The van der Waals surface area contributed by atoms with Crippen LogP contribution in [0.3, 0.4) is 0 Å². The predicted molar refractivity (Wildman–Crippen MR) is 110 cm³/mol. The molecule has 0 bridgehead atoms. The van der Waals surface area contributed by atoms with E-state index in [-0.39, 0.29) is 18.4 Å². The van der Waals surface area contributed by atoms with Crippen molar-refractivity contribution in [1.29, 1.82) is 5.26 Å². The van der Waals surface area contributed by atoms with Crippen molar-refractivity contribution in [3.05, 3.63) is 24.3 Å². The summed E-state index contributed by atoms with van der Waals surface area (Å²) in [6.07, 6.45) is 5.76. The van der Waals surface area contributed by atoms with Crippen molar-refractivity contribution in [2.45, 2.75) is 37.6 Å². The Balaban J connectivity index is 1.47. The molecule has 2 aliphatic rings. The smallest absolute Gasteiger partial charge is 0.282 e. The van der Waals surface area contributed by atoms with Crippen LogP contribution in [0.2, 0.25) is 0 Å². The summed E-state index contributed by atoms with van der Waals surface area (Å²) in [5, 5.41) is 9.78. The lowest BCUT2D eigenvalue weighted by Gasteiger charge is -2.38. The molecule has 5 rings (SSSR count). The summed E-state index contributed by atoms with van der Waals surface area (Å²) in [6.45, 7) is 1.44. The van der Waals surface area contributed by atoms with Gasteiger partial charge in [-0.2, -0.15) is 5.26 Å². The van der Waals surface area contributed by atoms with Gasteiger partial charge in [-0.1, -0.05) is 0 Å². The Hall–Kier alpha value is -3.06. The molecule has 0 saturated carbocycles. The van der Waals surface area contributed by atoms with E-state index in [0.717, 1.165) is 49.0 Å². The van der Waals surface area contributed by atoms with Crippen molar-refractivity contribution in [3.8, 4) is 6.07 Å². The molecular weight excluding hydrogens is 404 g/mol. The van der Waals surface area contributed by atoms with E-state index in [2.05, 4.69) is 25.5 Å². The first-order chi connectivity index (χ1) is 14.9. The highest BCUT2D eigenvalue weighted by atomic mass is 19.3. The lowest BCUT2D eigenvalue weighted by molar-refractivity contribution is -0.165. The van der Waals surface area contributed by atoms with Crippen molar-refractivity contribution < 1.29 is 13.6 Å². The maximum atomic E-state index is 13.2. The van der Waals surface area contributed by atoms with Gasteiger partial charge in [0.2, 0.25) is 5.91 Å². The van der Waals surface area contributed by atoms with E-state index >= 15 is 0 Å². The van der Waals surface area contributed by atoms with Crippen LogP contribution in [-0.2, 0) is 11.2 Å². The highest BCUT2D eigenvalue weighted by molar-refractivity contribution is 6.01. The van der Waals surface area contributed by atoms with Crippen LogP contribution >= 0.6 is 0 Å². The largest absolute Gasteiger partial charge is 0.346 e. The number of fused-ring (bicyclic) bond motifs is 3. The summed E-state index contributed by atoms with van der Waals surface area (Å²) in [6, 6.07) is 4.28. The zero-order chi connectivity index (χ0) is 21.6. The first-order valence-corrected chi connectivity index (χ1v) is 10.5. The Bertz CT molecular complexity index is 1160. The Kier molecular flexibility index (Phi) is 4.85. The number of imidazole rings is 1. The fourth-order valence-electron chi connectivity index (χ4n) is 4.70. The topological polar surface area (TPSA) is 93.8 Å². The van der Waals surface area contributed by atoms with Crippen LogP contribution in [-0.4, -0.2) is 73.9 Å². The van der Waals surface area contributed by atoms with Gasteiger partial charge in [0.05, 0.1) is 37.3 Å². The van der Waals surface area contributed by atoms with E-state index in [9.17, 15) is 13.6 Å². The Morgan fingerprint density at radius 3 is 2.81 bits per heavy atom. The zero-order valence-electron chi connectivity index (χ0n) is 17.0. The normalized spacial score (nSPS) is 19.6. The van der Waals surface area contributed by atoms with Crippen molar-refractivity contribution in [2.24, 2.45) is 0 Å². The number of H-pyrrole nitrogens is 1. The molecule has 2 fully saturated rings. The highest BCUT2D eigenvalue weighted by Gasteiger charge is 2.46.